The topological polar surface area (TPSA) is 52.6 Å². The van der Waals surface area contributed by atoms with Gasteiger partial charge in [0, 0.05) is 11.1 Å². The summed E-state index contributed by atoms with van der Waals surface area (Å²) in [5.74, 6) is 1.10. The monoisotopic (exact) mass is 482 g/mol. The van der Waals surface area contributed by atoms with E-state index in [4.69, 9.17) is 9.47 Å². The van der Waals surface area contributed by atoms with Gasteiger partial charge in [-0.25, -0.2) is 0 Å². The third kappa shape index (κ3) is 5.28. The minimum atomic E-state index is 0.498. The van der Waals surface area contributed by atoms with E-state index in [1.807, 2.05) is 60.7 Å². The molecule has 0 atom stereocenters. The maximum Gasteiger partial charge on any atom is 0.153 e. The molecular formula is C32H34O4. The molecule has 4 nitrogen and oxygen atoms in total. The van der Waals surface area contributed by atoms with Gasteiger partial charge in [0.2, 0.25) is 0 Å². The van der Waals surface area contributed by atoms with E-state index in [1.54, 1.807) is 0 Å². The Bertz CT molecular complexity index is 1250. The summed E-state index contributed by atoms with van der Waals surface area (Å²) in [6, 6.07) is 19.8. The summed E-state index contributed by atoms with van der Waals surface area (Å²) in [5, 5.41) is 3.79. The lowest BCUT2D eigenvalue weighted by Gasteiger charge is -2.22. The predicted molar refractivity (Wildman–Crippen MR) is 148 cm³/mol. The lowest BCUT2D eigenvalue weighted by Crippen LogP contribution is -2.06. The zero-order chi connectivity index (χ0) is 25.3. The highest BCUT2D eigenvalue weighted by molar-refractivity contribution is 6.14. The molecule has 0 radical (unpaired) electrons. The molecule has 0 fully saturated rings. The summed E-state index contributed by atoms with van der Waals surface area (Å²) >= 11 is 0. The molecule has 4 rings (SSSR count). The largest absolute Gasteiger partial charge is 0.492 e. The molecule has 186 valence electrons. The van der Waals surface area contributed by atoms with Gasteiger partial charge in [-0.15, -0.1) is 0 Å². The van der Waals surface area contributed by atoms with Crippen LogP contribution in [0.5, 0.6) is 11.5 Å². The fourth-order valence-electron chi connectivity index (χ4n) is 4.74. The minimum Gasteiger partial charge on any atom is -0.492 e. The van der Waals surface area contributed by atoms with Gasteiger partial charge in [0.25, 0.3) is 0 Å². The van der Waals surface area contributed by atoms with Gasteiger partial charge in [-0.3, -0.25) is 9.59 Å². The van der Waals surface area contributed by atoms with Gasteiger partial charge in [-0.05, 0) is 46.5 Å². The second kappa shape index (κ2) is 12.3. The van der Waals surface area contributed by atoms with Crippen LogP contribution in [0, 0.1) is 0 Å². The van der Waals surface area contributed by atoms with Crippen LogP contribution in [0.15, 0.2) is 60.7 Å². The molecule has 36 heavy (non-hydrogen) atoms. The van der Waals surface area contributed by atoms with Gasteiger partial charge in [0.15, 0.2) is 12.6 Å². The van der Waals surface area contributed by atoms with E-state index in [9.17, 15) is 9.59 Å². The van der Waals surface area contributed by atoms with Crippen molar-refractivity contribution >= 4 is 34.1 Å². The molecule has 0 spiro atoms. The van der Waals surface area contributed by atoms with Crippen molar-refractivity contribution in [2.75, 3.05) is 13.2 Å². The van der Waals surface area contributed by atoms with Gasteiger partial charge < -0.3 is 9.47 Å². The third-order valence-corrected chi connectivity index (χ3v) is 6.55. The number of carbonyl (C=O) groups is 2. The van der Waals surface area contributed by atoms with Crippen molar-refractivity contribution in [3.63, 3.8) is 0 Å². The molecule has 0 aliphatic rings. The molecule has 0 aliphatic carbocycles. The molecule has 4 aromatic carbocycles. The Morgan fingerprint density at radius 1 is 0.611 bits per heavy atom. The van der Waals surface area contributed by atoms with Gasteiger partial charge in [-0.1, -0.05) is 88.1 Å². The summed E-state index contributed by atoms with van der Waals surface area (Å²) < 4.78 is 12.7. The molecule has 0 aliphatic heterocycles. The summed E-state index contributed by atoms with van der Waals surface area (Å²) in [6.07, 6.45) is 7.78. The van der Waals surface area contributed by atoms with Crippen LogP contribution in [0.2, 0.25) is 0 Å². The molecule has 4 aromatic rings. The van der Waals surface area contributed by atoms with Gasteiger partial charge in [0.05, 0.1) is 24.3 Å². The van der Waals surface area contributed by atoms with Crippen molar-refractivity contribution < 1.29 is 19.1 Å². The molecular weight excluding hydrogens is 448 g/mol. The van der Waals surface area contributed by atoms with E-state index >= 15 is 0 Å². The first-order chi connectivity index (χ1) is 17.7. The highest BCUT2D eigenvalue weighted by Gasteiger charge is 2.24. The first-order valence-corrected chi connectivity index (χ1v) is 13.0. The van der Waals surface area contributed by atoms with Crippen LogP contribution in [0.4, 0.5) is 0 Å². The van der Waals surface area contributed by atoms with Crippen molar-refractivity contribution in [1.29, 1.82) is 0 Å². The Morgan fingerprint density at radius 3 is 1.42 bits per heavy atom. The number of carbonyl (C=O) groups excluding carboxylic acids is 2. The highest BCUT2D eigenvalue weighted by Crippen LogP contribution is 2.48. The van der Waals surface area contributed by atoms with Crippen molar-refractivity contribution in [2.24, 2.45) is 0 Å². The standard InChI is InChI=1S/C32H34O4/c1-3-5-11-17-35-31-25(21-33)19-23-13-7-9-15-27(23)29(31)30-28-16-10-8-14-24(28)20-26(22-34)32(30)36-18-12-6-4-2/h7-10,13-16,19-22H,3-6,11-12,17-18H2,1-2H3. The molecule has 0 heterocycles. The maximum atomic E-state index is 12.3. The van der Waals surface area contributed by atoms with Gasteiger partial charge in [-0.2, -0.15) is 0 Å². The molecule has 0 saturated carbocycles. The summed E-state index contributed by atoms with van der Waals surface area (Å²) in [6.45, 7) is 5.32. The number of benzene rings is 4. The molecule has 0 saturated heterocycles. The lowest BCUT2D eigenvalue weighted by atomic mass is 9.89. The van der Waals surface area contributed by atoms with Crippen LogP contribution in [0.25, 0.3) is 32.7 Å². The number of aldehydes is 2. The summed E-state index contributed by atoms with van der Waals surface area (Å²) in [5.41, 5.74) is 2.60. The maximum absolute atomic E-state index is 12.3. The van der Waals surface area contributed by atoms with E-state index in [0.29, 0.717) is 35.8 Å². The number of hydrogen-bond donors (Lipinski definition) is 0. The molecule has 0 aromatic heterocycles. The van der Waals surface area contributed by atoms with Crippen LogP contribution < -0.4 is 9.47 Å². The molecule has 0 unspecified atom stereocenters. The van der Waals surface area contributed by atoms with Crippen molar-refractivity contribution in [3.05, 3.63) is 71.8 Å². The predicted octanol–water partition coefficient (Wildman–Crippen LogP) is 8.42. The normalized spacial score (nSPS) is 11.1. The number of ether oxygens (including phenoxy) is 2. The Balaban J connectivity index is 2.05. The van der Waals surface area contributed by atoms with E-state index in [-0.39, 0.29) is 0 Å². The van der Waals surface area contributed by atoms with Crippen LogP contribution in [-0.4, -0.2) is 25.8 Å². The quantitative estimate of drug-likeness (QED) is 0.142. The zero-order valence-corrected chi connectivity index (χ0v) is 21.2. The van der Waals surface area contributed by atoms with Crippen LogP contribution >= 0.6 is 0 Å². The van der Waals surface area contributed by atoms with Crippen molar-refractivity contribution in [1.82, 2.24) is 0 Å². The van der Waals surface area contributed by atoms with E-state index in [0.717, 1.165) is 83.8 Å². The minimum absolute atomic E-state index is 0.498. The average molecular weight is 483 g/mol. The Hall–Kier alpha value is -3.66. The second-order valence-corrected chi connectivity index (χ2v) is 9.13. The fraction of sp³-hybridized carbons (Fsp3) is 0.312. The number of unbranched alkanes of at least 4 members (excludes halogenated alkanes) is 4. The molecule has 0 amide bonds. The lowest BCUT2D eigenvalue weighted by molar-refractivity contribution is 0.111. The Labute approximate surface area is 213 Å². The van der Waals surface area contributed by atoms with Crippen LogP contribution in [0.1, 0.15) is 73.1 Å². The SMILES string of the molecule is CCCCCOc1c(C=O)cc2ccccc2c1-c1c(OCCCCC)c(C=O)cc2ccccc12. The molecule has 0 bridgehead atoms. The second-order valence-electron chi connectivity index (χ2n) is 9.13. The van der Waals surface area contributed by atoms with Crippen LogP contribution in [-0.2, 0) is 0 Å². The van der Waals surface area contributed by atoms with Crippen molar-refractivity contribution in [3.8, 4) is 22.6 Å². The van der Waals surface area contributed by atoms with Crippen molar-refractivity contribution in [2.45, 2.75) is 52.4 Å². The number of fused-ring (bicyclic) bond motifs is 2. The Morgan fingerprint density at radius 2 is 1.03 bits per heavy atom. The summed E-state index contributed by atoms with van der Waals surface area (Å²) in [7, 11) is 0. The smallest absolute Gasteiger partial charge is 0.153 e. The summed E-state index contributed by atoms with van der Waals surface area (Å²) in [4.78, 5) is 24.6. The Kier molecular flexibility index (Phi) is 8.72. The van der Waals surface area contributed by atoms with E-state index < -0.39 is 0 Å². The first-order valence-electron chi connectivity index (χ1n) is 13.0. The third-order valence-electron chi connectivity index (χ3n) is 6.55. The number of rotatable bonds is 13. The van der Waals surface area contributed by atoms with E-state index in [2.05, 4.69) is 13.8 Å². The fourth-order valence-corrected chi connectivity index (χ4v) is 4.74. The van der Waals surface area contributed by atoms with Crippen LogP contribution in [0.3, 0.4) is 0 Å². The molecule has 4 heteroatoms. The zero-order valence-electron chi connectivity index (χ0n) is 21.2. The average Bonchev–Trinajstić information content (AvgIpc) is 2.92. The van der Waals surface area contributed by atoms with E-state index in [1.165, 1.54) is 0 Å². The molecule has 0 N–H and O–H groups in total. The number of hydrogen-bond acceptors (Lipinski definition) is 4. The first kappa shape index (κ1) is 25.4. The highest BCUT2D eigenvalue weighted by atomic mass is 16.5. The van der Waals surface area contributed by atoms with Gasteiger partial charge in [0.1, 0.15) is 11.5 Å². The van der Waals surface area contributed by atoms with Gasteiger partial charge >= 0.3 is 0 Å².